The van der Waals surface area contributed by atoms with Gasteiger partial charge in [-0.2, -0.15) is 0 Å². The number of carbonyl (C=O) groups is 1. The number of nitrogens with zero attached hydrogens (tertiary/aromatic N) is 1. The molecule has 0 fully saturated rings. The number of aromatic nitrogens is 1. The summed E-state index contributed by atoms with van der Waals surface area (Å²) in [6.45, 7) is 4.34. The lowest BCUT2D eigenvalue weighted by molar-refractivity contribution is 0.101. The third-order valence-electron chi connectivity index (χ3n) is 3.01. The van der Waals surface area contributed by atoms with E-state index in [-0.39, 0.29) is 11.3 Å². The average Bonchev–Trinajstić information content (AvgIpc) is 2.43. The number of pyridine rings is 1. The molecule has 1 aromatic carbocycles. The van der Waals surface area contributed by atoms with Crippen LogP contribution >= 0.6 is 0 Å². The number of benzene rings is 1. The summed E-state index contributed by atoms with van der Waals surface area (Å²) in [6, 6.07) is 10.3. The van der Waals surface area contributed by atoms with Crippen LogP contribution in [0.15, 0.2) is 47.4 Å². The molecular formula is C16H17NO3. The van der Waals surface area contributed by atoms with E-state index in [2.05, 4.69) is 0 Å². The Morgan fingerprint density at radius 1 is 1.25 bits per heavy atom. The van der Waals surface area contributed by atoms with Crippen molar-refractivity contribution < 1.29 is 9.53 Å². The second-order valence-corrected chi connectivity index (χ2v) is 4.48. The molecule has 0 saturated carbocycles. The summed E-state index contributed by atoms with van der Waals surface area (Å²) in [5.74, 6) is 0.697. The van der Waals surface area contributed by atoms with Gasteiger partial charge in [-0.25, -0.2) is 0 Å². The zero-order valence-corrected chi connectivity index (χ0v) is 11.6. The van der Waals surface area contributed by atoms with E-state index >= 15 is 0 Å². The first-order valence-corrected chi connectivity index (χ1v) is 6.54. The van der Waals surface area contributed by atoms with Crippen molar-refractivity contribution in [2.45, 2.75) is 20.4 Å². The van der Waals surface area contributed by atoms with Gasteiger partial charge in [0.2, 0.25) is 0 Å². The predicted molar refractivity (Wildman–Crippen MR) is 77.4 cm³/mol. The number of rotatable bonds is 5. The second-order valence-electron chi connectivity index (χ2n) is 4.48. The normalized spacial score (nSPS) is 10.3. The molecule has 4 heteroatoms. The molecule has 0 radical (unpaired) electrons. The first kappa shape index (κ1) is 14.1. The number of carbonyl (C=O) groups excluding carboxylic acids is 1. The minimum absolute atomic E-state index is 0.00490. The van der Waals surface area contributed by atoms with Gasteiger partial charge in [0.05, 0.1) is 13.2 Å². The Balaban J connectivity index is 2.42. The molecule has 20 heavy (non-hydrogen) atoms. The zero-order chi connectivity index (χ0) is 14.5. The molecule has 4 nitrogen and oxygen atoms in total. The third kappa shape index (κ3) is 3.15. The molecule has 0 bridgehead atoms. The van der Waals surface area contributed by atoms with E-state index in [1.54, 1.807) is 41.1 Å². The van der Waals surface area contributed by atoms with Crippen LogP contribution in [0, 0.1) is 0 Å². The summed E-state index contributed by atoms with van der Waals surface area (Å²) < 4.78 is 7.14. The highest BCUT2D eigenvalue weighted by Crippen LogP contribution is 2.21. The lowest BCUT2D eigenvalue weighted by Crippen LogP contribution is -2.19. The van der Waals surface area contributed by atoms with Crippen molar-refractivity contribution in [2.24, 2.45) is 0 Å². The number of ketones is 1. The summed E-state index contributed by atoms with van der Waals surface area (Å²) in [5.41, 5.74) is 1.36. The lowest BCUT2D eigenvalue weighted by Gasteiger charge is -2.12. The molecule has 0 saturated heterocycles. The van der Waals surface area contributed by atoms with Gasteiger partial charge in [-0.15, -0.1) is 0 Å². The van der Waals surface area contributed by atoms with Gasteiger partial charge in [-0.3, -0.25) is 9.59 Å². The highest BCUT2D eigenvalue weighted by molar-refractivity contribution is 5.94. The molecule has 0 N–H and O–H groups in total. The molecule has 0 aliphatic carbocycles. The maximum absolute atomic E-state index is 11.8. The maximum Gasteiger partial charge on any atom is 0.250 e. The quantitative estimate of drug-likeness (QED) is 0.785. The van der Waals surface area contributed by atoms with Gasteiger partial charge in [0, 0.05) is 23.4 Å². The summed E-state index contributed by atoms with van der Waals surface area (Å²) in [5, 5.41) is 0. The number of ether oxygens (including phenoxy) is 1. The Labute approximate surface area is 117 Å². The highest BCUT2D eigenvalue weighted by atomic mass is 16.5. The first-order valence-electron chi connectivity index (χ1n) is 6.54. The Bertz CT molecular complexity index is 673. The van der Waals surface area contributed by atoms with E-state index < -0.39 is 0 Å². The summed E-state index contributed by atoms with van der Waals surface area (Å²) in [4.78, 5) is 23.2. The molecule has 0 atom stereocenters. The van der Waals surface area contributed by atoms with E-state index in [1.807, 2.05) is 6.92 Å². The molecule has 1 heterocycles. The van der Waals surface area contributed by atoms with Crippen molar-refractivity contribution in [3.05, 3.63) is 64.1 Å². The third-order valence-corrected chi connectivity index (χ3v) is 3.01. The fraction of sp³-hybridized carbons (Fsp3) is 0.250. The summed E-state index contributed by atoms with van der Waals surface area (Å²) in [7, 11) is 0. The number of hydrogen-bond donors (Lipinski definition) is 0. The van der Waals surface area contributed by atoms with Crippen molar-refractivity contribution in [3.63, 3.8) is 0 Å². The van der Waals surface area contributed by atoms with Crippen molar-refractivity contribution in [1.29, 1.82) is 0 Å². The molecule has 0 spiro atoms. The van der Waals surface area contributed by atoms with Gasteiger partial charge in [0.1, 0.15) is 5.75 Å². The monoisotopic (exact) mass is 271 g/mol. The summed E-state index contributed by atoms with van der Waals surface area (Å²) >= 11 is 0. The van der Waals surface area contributed by atoms with E-state index in [9.17, 15) is 9.59 Å². The molecule has 0 amide bonds. The molecular weight excluding hydrogens is 254 g/mol. The average molecular weight is 271 g/mol. The van der Waals surface area contributed by atoms with Crippen molar-refractivity contribution in [3.8, 4) is 5.75 Å². The Kier molecular flexibility index (Phi) is 4.35. The highest BCUT2D eigenvalue weighted by Gasteiger charge is 2.09. The topological polar surface area (TPSA) is 48.3 Å². The number of Topliss-reactive ketones (excluding diaryl/α,β-unsaturated/α-hetero) is 1. The van der Waals surface area contributed by atoms with Crippen LogP contribution in [-0.4, -0.2) is 17.0 Å². The van der Waals surface area contributed by atoms with Crippen LogP contribution in [0.1, 0.15) is 29.8 Å². The van der Waals surface area contributed by atoms with Crippen LogP contribution < -0.4 is 10.3 Å². The van der Waals surface area contributed by atoms with E-state index in [4.69, 9.17) is 4.74 Å². The molecule has 0 aliphatic heterocycles. The fourth-order valence-electron chi connectivity index (χ4n) is 1.99. The lowest BCUT2D eigenvalue weighted by atomic mass is 10.1. The summed E-state index contributed by atoms with van der Waals surface area (Å²) in [6.07, 6.45) is 1.72. The van der Waals surface area contributed by atoms with E-state index in [0.717, 1.165) is 5.56 Å². The largest absolute Gasteiger partial charge is 0.494 e. The fourth-order valence-corrected chi connectivity index (χ4v) is 1.99. The van der Waals surface area contributed by atoms with Gasteiger partial charge in [0.25, 0.3) is 5.56 Å². The van der Waals surface area contributed by atoms with Gasteiger partial charge < -0.3 is 9.30 Å². The van der Waals surface area contributed by atoms with Crippen molar-refractivity contribution >= 4 is 5.78 Å². The van der Waals surface area contributed by atoms with Gasteiger partial charge in [0.15, 0.2) is 5.78 Å². The van der Waals surface area contributed by atoms with Crippen LogP contribution in [0.5, 0.6) is 5.75 Å². The van der Waals surface area contributed by atoms with Crippen molar-refractivity contribution in [1.82, 2.24) is 4.57 Å². The minimum Gasteiger partial charge on any atom is -0.494 e. The molecule has 2 aromatic rings. The van der Waals surface area contributed by atoms with Crippen LogP contribution in [0.3, 0.4) is 0 Å². The minimum atomic E-state index is -0.0804. The van der Waals surface area contributed by atoms with Gasteiger partial charge >= 0.3 is 0 Å². The van der Waals surface area contributed by atoms with Crippen LogP contribution in [0.2, 0.25) is 0 Å². The first-order chi connectivity index (χ1) is 9.61. The van der Waals surface area contributed by atoms with Crippen molar-refractivity contribution in [2.75, 3.05) is 6.61 Å². The Morgan fingerprint density at radius 2 is 2.05 bits per heavy atom. The second kappa shape index (κ2) is 6.19. The molecule has 1 aromatic heterocycles. The molecule has 0 unspecified atom stereocenters. The molecule has 104 valence electrons. The maximum atomic E-state index is 11.8. The SMILES string of the molecule is CCOc1ccc(C(C)=O)cc1Cn1ccccc1=O. The Morgan fingerprint density at radius 3 is 2.70 bits per heavy atom. The Hall–Kier alpha value is -2.36. The van der Waals surface area contributed by atoms with Crippen LogP contribution in [0.4, 0.5) is 0 Å². The van der Waals surface area contributed by atoms with Crippen LogP contribution in [0.25, 0.3) is 0 Å². The molecule has 0 aliphatic rings. The standard InChI is InChI=1S/C16H17NO3/c1-3-20-15-8-7-13(12(2)18)10-14(15)11-17-9-5-4-6-16(17)19/h4-10H,3,11H2,1-2H3. The van der Waals surface area contributed by atoms with Gasteiger partial charge in [-0.1, -0.05) is 6.07 Å². The smallest absolute Gasteiger partial charge is 0.250 e. The predicted octanol–water partition coefficient (Wildman–Crippen LogP) is 2.50. The van der Waals surface area contributed by atoms with Gasteiger partial charge in [-0.05, 0) is 38.1 Å². The van der Waals surface area contributed by atoms with Crippen LogP contribution in [-0.2, 0) is 6.54 Å². The molecule has 2 rings (SSSR count). The zero-order valence-electron chi connectivity index (χ0n) is 11.6. The van der Waals surface area contributed by atoms with E-state index in [1.165, 1.54) is 13.0 Å². The van der Waals surface area contributed by atoms with E-state index in [0.29, 0.717) is 24.5 Å². The number of hydrogen-bond acceptors (Lipinski definition) is 3.